The largest absolute Gasteiger partial charge is 0.480 e. The number of halogens is 8. The van der Waals surface area contributed by atoms with Crippen molar-refractivity contribution in [3.05, 3.63) is 111 Å². The number of Topliss-reactive ketones (excluding diaryl/α,β-unsaturated/α-hetero) is 1. The van der Waals surface area contributed by atoms with Crippen LogP contribution in [0, 0.1) is 13.8 Å². The third kappa shape index (κ3) is 11.7. The van der Waals surface area contributed by atoms with Crippen molar-refractivity contribution in [3.63, 3.8) is 0 Å². The van der Waals surface area contributed by atoms with E-state index in [9.17, 15) is 35.9 Å². The summed E-state index contributed by atoms with van der Waals surface area (Å²) in [4.78, 5) is 30.0. The predicted molar refractivity (Wildman–Crippen MR) is 215 cm³/mol. The molecule has 14 nitrogen and oxygen atoms in total. The Hall–Kier alpha value is -5.76. The molecule has 0 amide bonds. The Morgan fingerprint density at radius 1 is 0.672 bits per heavy atom. The van der Waals surface area contributed by atoms with Gasteiger partial charge in [-0.25, -0.2) is 33.5 Å². The van der Waals surface area contributed by atoms with Crippen molar-refractivity contribution in [2.45, 2.75) is 98.1 Å². The molecule has 22 heteroatoms. The molecule has 2 aromatic carbocycles. The first-order chi connectivity index (χ1) is 28.3. The number of aromatic nitrogens is 10. The van der Waals surface area contributed by atoms with Crippen LogP contribution in [-0.2, 0) is 28.4 Å². The minimum absolute atomic E-state index is 0.0168. The smallest absolute Gasteiger partial charge is 0.453 e. The van der Waals surface area contributed by atoms with Gasteiger partial charge in [0.1, 0.15) is 23.7 Å². The van der Waals surface area contributed by atoms with E-state index < -0.39 is 42.1 Å². The van der Waals surface area contributed by atoms with E-state index in [-0.39, 0.29) is 29.8 Å². The van der Waals surface area contributed by atoms with Gasteiger partial charge in [0.15, 0.2) is 5.78 Å². The second-order valence-electron chi connectivity index (χ2n) is 14.3. The maximum atomic E-state index is 12.9. The number of rotatable bonds is 10. The molecule has 6 rings (SSSR count). The van der Waals surface area contributed by atoms with Gasteiger partial charge in [-0.05, 0) is 88.1 Å². The number of carbonyl (C=O) groups excluding carboxylic acids is 1. The van der Waals surface area contributed by atoms with Crippen LogP contribution in [0.2, 0.25) is 10.0 Å². The van der Waals surface area contributed by atoms with E-state index in [0.29, 0.717) is 16.5 Å². The highest BCUT2D eigenvalue weighted by Gasteiger charge is 2.38. The fourth-order valence-corrected chi connectivity index (χ4v) is 6.27. The van der Waals surface area contributed by atoms with E-state index >= 15 is 0 Å². The summed E-state index contributed by atoms with van der Waals surface area (Å²) < 4.78 is 80.5. The molecule has 328 valence electrons. The summed E-state index contributed by atoms with van der Waals surface area (Å²) in [7, 11) is 0. The number of nitrogens with two attached hydrogens (primary N) is 1. The molecule has 6 aromatic rings. The Morgan fingerprint density at radius 3 is 1.44 bits per heavy atom. The maximum absolute atomic E-state index is 12.9. The molecule has 0 aliphatic heterocycles. The Labute approximate surface area is 356 Å². The third-order valence-electron chi connectivity index (χ3n) is 8.99. The lowest BCUT2D eigenvalue weighted by Crippen LogP contribution is -2.22. The number of carbonyl (C=O) groups is 2. The molecule has 4 aromatic heterocycles. The highest BCUT2D eigenvalue weighted by Crippen LogP contribution is 2.30. The van der Waals surface area contributed by atoms with Crippen LogP contribution in [0.15, 0.2) is 60.9 Å². The number of hydrogen-bond donors (Lipinski definition) is 2. The van der Waals surface area contributed by atoms with Crippen molar-refractivity contribution in [1.82, 2.24) is 49.1 Å². The Bertz CT molecular complexity index is 2440. The van der Waals surface area contributed by atoms with Crippen molar-refractivity contribution < 1.29 is 41.0 Å². The van der Waals surface area contributed by atoms with E-state index in [1.165, 1.54) is 27.7 Å². The first-order valence-corrected chi connectivity index (χ1v) is 19.3. The summed E-state index contributed by atoms with van der Waals surface area (Å²) in [6, 6.07) is 12.6. The number of ketones is 1. The van der Waals surface area contributed by atoms with E-state index in [0.717, 1.165) is 42.8 Å². The zero-order valence-corrected chi connectivity index (χ0v) is 35.6. The van der Waals surface area contributed by atoms with Gasteiger partial charge < -0.3 is 10.8 Å². The second kappa shape index (κ2) is 19.3. The molecule has 3 N–H and O–H groups in total. The number of nitrogens with zero attached hydrogens (tertiary/aromatic N) is 10. The molecule has 0 saturated carbocycles. The molecule has 0 radical (unpaired) electrons. The lowest BCUT2D eigenvalue weighted by Gasteiger charge is -2.15. The monoisotopic (exact) mass is 897 g/mol. The third-order valence-corrected chi connectivity index (χ3v) is 9.49. The zero-order chi connectivity index (χ0) is 45.7. The van der Waals surface area contributed by atoms with Gasteiger partial charge >= 0.3 is 18.3 Å². The average Bonchev–Trinajstić information content (AvgIpc) is 3.97. The second-order valence-corrected chi connectivity index (χ2v) is 15.2. The summed E-state index contributed by atoms with van der Waals surface area (Å²) in [6.07, 6.45) is -6.01. The summed E-state index contributed by atoms with van der Waals surface area (Å²) >= 11 is 11.8. The Morgan fingerprint density at radius 2 is 1.07 bits per heavy atom. The first kappa shape index (κ1) is 47.9. The standard InChI is InChI=1S/C20H21ClF3N5O.C12H14ClN3.C7H8F3N3O2/c1-11(2)18-14(10-25-29(18)16-7-5-15(21)6-8-16)9-17(30)12(3)28-13(4)26-19(27-28)20(22,23)24;1-8(2)12-11(14)7-15-16(12)10-5-3-9(13)4-6-10;1-3(5(14)15)13-4(2)11-6(12-13)7(8,9)10/h5-8,10-12H,9H2,1-4H3;3-8H,14H2,1-2H3;3H,1-2H3,(H,14,15). The molecule has 0 saturated heterocycles. The quantitative estimate of drug-likeness (QED) is 0.126. The maximum Gasteiger partial charge on any atom is 0.453 e. The zero-order valence-electron chi connectivity index (χ0n) is 34.1. The van der Waals surface area contributed by atoms with Crippen molar-refractivity contribution in [3.8, 4) is 11.4 Å². The number of alkyl halides is 6. The molecular weight excluding hydrogens is 855 g/mol. The molecule has 0 fully saturated rings. The van der Waals surface area contributed by atoms with Crippen LogP contribution in [0.4, 0.5) is 32.0 Å². The molecule has 0 spiro atoms. The Balaban J connectivity index is 0.000000222. The van der Waals surface area contributed by atoms with Crippen LogP contribution < -0.4 is 5.73 Å². The van der Waals surface area contributed by atoms with Gasteiger partial charge in [0, 0.05) is 22.0 Å². The molecule has 0 aliphatic carbocycles. The van der Waals surface area contributed by atoms with Crippen molar-refractivity contribution in [2.75, 3.05) is 5.73 Å². The van der Waals surface area contributed by atoms with Crippen LogP contribution >= 0.6 is 23.2 Å². The van der Waals surface area contributed by atoms with Crippen LogP contribution in [0.3, 0.4) is 0 Å². The van der Waals surface area contributed by atoms with E-state index in [2.05, 4.69) is 44.2 Å². The molecule has 0 aliphatic rings. The van der Waals surface area contributed by atoms with Gasteiger partial charge in [-0.15, -0.1) is 10.2 Å². The number of carboxylic acid groups (broad SMARTS) is 1. The summed E-state index contributed by atoms with van der Waals surface area (Å²) in [5.41, 5.74) is 11.0. The molecular formula is C39H43Cl2F6N11O3. The average molecular weight is 899 g/mol. The number of benzene rings is 2. The van der Waals surface area contributed by atoms with Gasteiger partial charge in [-0.3, -0.25) is 4.79 Å². The fourth-order valence-electron chi connectivity index (χ4n) is 6.02. The molecule has 2 unspecified atom stereocenters. The minimum atomic E-state index is -4.66. The number of anilines is 1. The topological polar surface area (TPSA) is 177 Å². The number of hydrogen-bond acceptors (Lipinski definition) is 9. The summed E-state index contributed by atoms with van der Waals surface area (Å²) in [5, 5.41) is 25.2. The number of aliphatic carboxylic acids is 1. The number of nitrogen functional groups attached to an aromatic ring is 1. The van der Waals surface area contributed by atoms with E-state index in [4.69, 9.17) is 34.0 Å². The highest BCUT2D eigenvalue weighted by molar-refractivity contribution is 6.30. The SMILES string of the molecule is CC(C)c1c(N)cnn1-c1ccc(Cl)cc1.Cc1nc(C(F)(F)F)nn1C(C)C(=O)Cc1cnn(-c2ccc(Cl)cc2)c1C(C)C.Cc1nc(C(F)(F)F)nn1C(C)C(=O)O. The first-order valence-electron chi connectivity index (χ1n) is 18.5. The van der Waals surface area contributed by atoms with Crippen LogP contribution in [0.5, 0.6) is 0 Å². The number of carboxylic acids is 1. The van der Waals surface area contributed by atoms with Crippen LogP contribution in [0.1, 0.15) is 106 Å². The minimum Gasteiger partial charge on any atom is -0.480 e. The van der Waals surface area contributed by atoms with Crippen molar-refractivity contribution in [2.24, 2.45) is 0 Å². The van der Waals surface area contributed by atoms with Crippen molar-refractivity contribution in [1.29, 1.82) is 0 Å². The fraction of sp³-hybridized carbons (Fsp3) is 0.385. The van der Waals surface area contributed by atoms with Gasteiger partial charge in [0.25, 0.3) is 11.6 Å². The van der Waals surface area contributed by atoms with Gasteiger partial charge in [-0.2, -0.15) is 36.5 Å². The molecule has 61 heavy (non-hydrogen) atoms. The van der Waals surface area contributed by atoms with Gasteiger partial charge in [0.05, 0.1) is 40.8 Å². The van der Waals surface area contributed by atoms with E-state index in [1.54, 1.807) is 29.2 Å². The number of aryl methyl sites for hydroxylation is 2. The normalized spacial score (nSPS) is 12.8. The molecule has 4 heterocycles. The Kier molecular flexibility index (Phi) is 15.2. The summed E-state index contributed by atoms with van der Waals surface area (Å²) in [5.74, 6) is -3.79. The van der Waals surface area contributed by atoms with Crippen LogP contribution in [-0.4, -0.2) is 65.9 Å². The molecule has 0 bridgehead atoms. The highest BCUT2D eigenvalue weighted by atomic mass is 35.5. The van der Waals surface area contributed by atoms with Gasteiger partial charge in [0.2, 0.25) is 0 Å². The van der Waals surface area contributed by atoms with Gasteiger partial charge in [-0.1, -0.05) is 50.9 Å². The lowest BCUT2D eigenvalue weighted by molar-refractivity contribution is -0.146. The van der Waals surface area contributed by atoms with E-state index in [1.807, 2.05) is 54.9 Å². The molecule has 2 atom stereocenters. The summed E-state index contributed by atoms with van der Waals surface area (Å²) in [6.45, 7) is 13.6. The predicted octanol–water partition coefficient (Wildman–Crippen LogP) is 9.42. The van der Waals surface area contributed by atoms with Crippen molar-refractivity contribution >= 4 is 40.6 Å². The lowest BCUT2D eigenvalue weighted by atomic mass is 9.99. The van der Waals surface area contributed by atoms with Crippen LogP contribution in [0.25, 0.3) is 11.4 Å².